The molecule has 1 aliphatic rings. The minimum Gasteiger partial charge on any atom is -0.354 e. The summed E-state index contributed by atoms with van der Waals surface area (Å²) < 4.78 is 27.5. The molecule has 0 bridgehead atoms. The number of anilines is 4. The van der Waals surface area contributed by atoms with Crippen molar-refractivity contribution in [2.24, 2.45) is 0 Å². The molecule has 0 saturated carbocycles. The first kappa shape index (κ1) is 21.7. The number of carbonyl (C=O) groups is 1. The van der Waals surface area contributed by atoms with E-state index in [1.165, 1.54) is 29.7 Å². The molecule has 0 spiro atoms. The van der Waals surface area contributed by atoms with E-state index in [1.807, 2.05) is 29.2 Å². The van der Waals surface area contributed by atoms with Crippen LogP contribution in [-0.4, -0.2) is 59.8 Å². The fraction of sp³-hybridized carbons (Fsp3) is 0.238. The first-order chi connectivity index (χ1) is 15.4. The summed E-state index contributed by atoms with van der Waals surface area (Å²) in [5.74, 6) is 1.80. The van der Waals surface area contributed by atoms with Gasteiger partial charge in [-0.2, -0.15) is 4.31 Å². The average Bonchev–Trinajstić information content (AvgIpc) is 2.80. The molecule has 10 nitrogen and oxygen atoms in total. The zero-order valence-electron chi connectivity index (χ0n) is 17.5. The molecule has 1 amide bonds. The van der Waals surface area contributed by atoms with E-state index >= 15 is 0 Å². The molecule has 11 heteroatoms. The highest BCUT2D eigenvalue weighted by atomic mass is 32.2. The lowest BCUT2D eigenvalue weighted by atomic mass is 10.3. The monoisotopic (exact) mass is 453 g/mol. The van der Waals surface area contributed by atoms with Crippen LogP contribution >= 0.6 is 0 Å². The highest BCUT2D eigenvalue weighted by Gasteiger charge is 2.29. The van der Waals surface area contributed by atoms with Crippen molar-refractivity contribution < 1.29 is 13.2 Å². The molecule has 3 heterocycles. The molecule has 4 rings (SSSR count). The number of benzene rings is 1. The summed E-state index contributed by atoms with van der Waals surface area (Å²) in [5.41, 5.74) is 0.556. The predicted octanol–water partition coefficient (Wildman–Crippen LogP) is 2.08. The van der Waals surface area contributed by atoms with Crippen molar-refractivity contribution in [1.82, 2.24) is 19.3 Å². The van der Waals surface area contributed by atoms with Crippen LogP contribution in [0.15, 0.2) is 66.0 Å². The molecule has 3 aromatic rings. The third kappa shape index (κ3) is 5.01. The van der Waals surface area contributed by atoms with Gasteiger partial charge in [0, 0.05) is 51.1 Å². The molecule has 1 aliphatic heterocycles. The Hall–Kier alpha value is -3.57. The van der Waals surface area contributed by atoms with E-state index in [1.54, 1.807) is 18.3 Å². The van der Waals surface area contributed by atoms with Crippen molar-refractivity contribution in [2.75, 3.05) is 41.7 Å². The third-order valence-corrected chi connectivity index (χ3v) is 6.86. The van der Waals surface area contributed by atoms with Crippen molar-refractivity contribution in [3.63, 3.8) is 0 Å². The number of nitrogens with zero attached hydrogens (tertiary/aromatic N) is 5. The second kappa shape index (κ2) is 9.28. The molecule has 2 aromatic heterocycles. The standard InChI is InChI=1S/C21H23N7O3S/c1-16(29)25-17-5-7-18(8-6-17)32(30,31)28-12-10-27(11-13-28)21-14-20(23-15-24-21)26-19-4-2-3-9-22-19/h2-9,14-15H,10-13H2,1H3,(H,25,29)(H,22,23,24,26). The zero-order valence-corrected chi connectivity index (χ0v) is 18.3. The lowest BCUT2D eigenvalue weighted by Crippen LogP contribution is -2.48. The van der Waals surface area contributed by atoms with Crippen LogP contribution in [0.5, 0.6) is 0 Å². The number of amides is 1. The van der Waals surface area contributed by atoms with Crippen molar-refractivity contribution in [3.8, 4) is 0 Å². The number of rotatable bonds is 6. The van der Waals surface area contributed by atoms with Gasteiger partial charge in [0.05, 0.1) is 4.90 Å². The molecule has 1 saturated heterocycles. The Labute approximate surface area is 186 Å². The van der Waals surface area contributed by atoms with Gasteiger partial charge in [0.25, 0.3) is 0 Å². The van der Waals surface area contributed by atoms with Crippen LogP contribution in [0.4, 0.5) is 23.1 Å². The Kier molecular flexibility index (Phi) is 6.28. The number of aromatic nitrogens is 3. The van der Waals surface area contributed by atoms with Crippen LogP contribution in [-0.2, 0) is 14.8 Å². The molecule has 0 atom stereocenters. The van der Waals surface area contributed by atoms with Crippen LogP contribution in [0.2, 0.25) is 0 Å². The summed E-state index contributed by atoms with van der Waals surface area (Å²) >= 11 is 0. The van der Waals surface area contributed by atoms with Gasteiger partial charge in [-0.1, -0.05) is 6.07 Å². The third-order valence-electron chi connectivity index (χ3n) is 4.95. The Bertz CT molecular complexity index is 1180. The number of sulfonamides is 1. The summed E-state index contributed by atoms with van der Waals surface area (Å²) in [6.45, 7) is 3.08. The molecule has 1 fully saturated rings. The normalized spacial score (nSPS) is 14.7. The molecular weight excluding hydrogens is 430 g/mol. The SMILES string of the molecule is CC(=O)Nc1ccc(S(=O)(=O)N2CCN(c3cc(Nc4ccccn4)ncn3)CC2)cc1. The lowest BCUT2D eigenvalue weighted by molar-refractivity contribution is -0.114. The van der Waals surface area contributed by atoms with Crippen molar-refractivity contribution in [1.29, 1.82) is 0 Å². The molecular formula is C21H23N7O3S. The highest BCUT2D eigenvalue weighted by molar-refractivity contribution is 7.89. The Morgan fingerprint density at radius 3 is 2.34 bits per heavy atom. The lowest BCUT2D eigenvalue weighted by Gasteiger charge is -2.34. The molecule has 0 aliphatic carbocycles. The summed E-state index contributed by atoms with van der Waals surface area (Å²) in [7, 11) is -3.62. The van der Waals surface area contributed by atoms with Gasteiger partial charge in [0.15, 0.2) is 0 Å². The molecule has 32 heavy (non-hydrogen) atoms. The minimum absolute atomic E-state index is 0.198. The van der Waals surface area contributed by atoms with Gasteiger partial charge in [0.1, 0.15) is 23.8 Å². The zero-order chi connectivity index (χ0) is 22.6. The molecule has 2 N–H and O–H groups in total. The van der Waals surface area contributed by atoms with Crippen LogP contribution in [0.1, 0.15) is 6.92 Å². The average molecular weight is 454 g/mol. The molecule has 0 radical (unpaired) electrons. The number of carbonyl (C=O) groups excluding carboxylic acids is 1. The number of hydrogen-bond acceptors (Lipinski definition) is 8. The van der Waals surface area contributed by atoms with Crippen molar-refractivity contribution in [3.05, 3.63) is 61.1 Å². The van der Waals surface area contributed by atoms with Gasteiger partial charge in [-0.05, 0) is 36.4 Å². The first-order valence-corrected chi connectivity index (χ1v) is 11.5. The van der Waals surface area contributed by atoms with Crippen molar-refractivity contribution in [2.45, 2.75) is 11.8 Å². The van der Waals surface area contributed by atoms with Gasteiger partial charge in [-0.3, -0.25) is 4.79 Å². The predicted molar refractivity (Wildman–Crippen MR) is 121 cm³/mol. The van der Waals surface area contributed by atoms with Crippen LogP contribution in [0, 0.1) is 0 Å². The molecule has 1 aromatic carbocycles. The summed E-state index contributed by atoms with van der Waals surface area (Å²) in [6, 6.07) is 13.6. The number of hydrogen-bond donors (Lipinski definition) is 2. The van der Waals surface area contributed by atoms with Crippen LogP contribution in [0.3, 0.4) is 0 Å². The van der Waals surface area contributed by atoms with E-state index in [0.29, 0.717) is 43.5 Å². The Balaban J connectivity index is 1.40. The number of piperazine rings is 1. The van der Waals surface area contributed by atoms with Gasteiger partial charge in [0.2, 0.25) is 15.9 Å². The van der Waals surface area contributed by atoms with Gasteiger partial charge in [-0.25, -0.2) is 23.4 Å². The summed E-state index contributed by atoms with van der Waals surface area (Å²) in [4.78, 5) is 26.2. The summed E-state index contributed by atoms with van der Waals surface area (Å²) in [6.07, 6.45) is 3.16. The Morgan fingerprint density at radius 2 is 1.69 bits per heavy atom. The van der Waals surface area contributed by atoms with E-state index in [0.717, 1.165) is 5.82 Å². The van der Waals surface area contributed by atoms with E-state index in [2.05, 4.69) is 25.6 Å². The van der Waals surface area contributed by atoms with Crippen molar-refractivity contribution >= 4 is 39.1 Å². The number of pyridine rings is 1. The van der Waals surface area contributed by atoms with E-state index in [4.69, 9.17) is 0 Å². The minimum atomic E-state index is -3.62. The maximum absolute atomic E-state index is 13.0. The van der Waals surface area contributed by atoms with Crippen LogP contribution < -0.4 is 15.5 Å². The number of nitrogens with one attached hydrogen (secondary N) is 2. The maximum atomic E-state index is 13.0. The first-order valence-electron chi connectivity index (χ1n) is 10.0. The topological polar surface area (TPSA) is 120 Å². The van der Waals surface area contributed by atoms with Gasteiger partial charge >= 0.3 is 0 Å². The summed E-state index contributed by atoms with van der Waals surface area (Å²) in [5, 5.41) is 5.76. The fourth-order valence-corrected chi connectivity index (χ4v) is 4.80. The maximum Gasteiger partial charge on any atom is 0.243 e. The van der Waals surface area contributed by atoms with E-state index < -0.39 is 10.0 Å². The molecule has 0 unspecified atom stereocenters. The highest BCUT2D eigenvalue weighted by Crippen LogP contribution is 2.23. The van der Waals surface area contributed by atoms with Crippen LogP contribution in [0.25, 0.3) is 0 Å². The smallest absolute Gasteiger partial charge is 0.243 e. The fourth-order valence-electron chi connectivity index (χ4n) is 3.38. The van der Waals surface area contributed by atoms with Gasteiger partial charge < -0.3 is 15.5 Å². The van der Waals surface area contributed by atoms with E-state index in [-0.39, 0.29) is 10.8 Å². The van der Waals surface area contributed by atoms with Gasteiger partial charge in [-0.15, -0.1) is 0 Å². The Morgan fingerprint density at radius 1 is 0.938 bits per heavy atom. The largest absolute Gasteiger partial charge is 0.354 e. The quantitative estimate of drug-likeness (QED) is 0.582. The second-order valence-corrected chi connectivity index (χ2v) is 9.14. The molecule has 166 valence electrons. The second-order valence-electron chi connectivity index (χ2n) is 7.20. The van der Waals surface area contributed by atoms with E-state index in [9.17, 15) is 13.2 Å².